The molecule has 0 saturated carbocycles. The molecular weight excluding hydrogens is 625 g/mol. The fourth-order valence-electron chi connectivity index (χ4n) is 9.90. The van der Waals surface area contributed by atoms with E-state index >= 15 is 0 Å². The van der Waals surface area contributed by atoms with Crippen LogP contribution in [0.4, 0.5) is 0 Å². The molecule has 0 unspecified atom stereocenters. The second-order valence-corrected chi connectivity index (χ2v) is 15.0. The van der Waals surface area contributed by atoms with E-state index < -0.39 is 0 Å². The van der Waals surface area contributed by atoms with Crippen LogP contribution in [0.5, 0.6) is 0 Å². The summed E-state index contributed by atoms with van der Waals surface area (Å²) in [5, 5.41) is 7.79. The minimum Gasteiger partial charge on any atom is -0.0619 e. The second kappa shape index (κ2) is 10.6. The van der Waals surface area contributed by atoms with E-state index in [2.05, 4.69) is 185 Å². The van der Waals surface area contributed by atoms with Gasteiger partial charge in [-0.3, -0.25) is 0 Å². The van der Waals surface area contributed by atoms with Crippen LogP contribution in [0.2, 0.25) is 0 Å². The summed E-state index contributed by atoms with van der Waals surface area (Å²) < 4.78 is 0. The van der Waals surface area contributed by atoms with Gasteiger partial charge in [0, 0.05) is 0 Å². The van der Waals surface area contributed by atoms with Crippen molar-refractivity contribution >= 4 is 32.3 Å². The Morgan fingerprint density at radius 1 is 0.327 bits per heavy atom. The molecular formula is C52H36. The summed E-state index contributed by atoms with van der Waals surface area (Å²) in [4.78, 5) is 0. The lowest BCUT2D eigenvalue weighted by Gasteiger charge is -2.31. The van der Waals surface area contributed by atoms with Gasteiger partial charge in [-0.05, 0) is 138 Å². The van der Waals surface area contributed by atoms with Gasteiger partial charge in [0.15, 0.2) is 0 Å². The maximum atomic E-state index is 2.51. The van der Waals surface area contributed by atoms with Crippen LogP contribution in [-0.4, -0.2) is 0 Å². The van der Waals surface area contributed by atoms with Crippen molar-refractivity contribution in [2.24, 2.45) is 0 Å². The number of hydrogen-bond acceptors (Lipinski definition) is 0. The second-order valence-electron chi connectivity index (χ2n) is 15.0. The third-order valence-corrected chi connectivity index (χ3v) is 12.2. The maximum Gasteiger partial charge on any atom is 0.0725 e. The van der Waals surface area contributed by atoms with E-state index in [4.69, 9.17) is 0 Å². The molecule has 0 heteroatoms. The smallest absolute Gasteiger partial charge is 0.0619 e. The molecule has 244 valence electrons. The molecule has 0 nitrogen and oxygen atoms in total. The van der Waals surface area contributed by atoms with Crippen LogP contribution in [0.15, 0.2) is 164 Å². The van der Waals surface area contributed by atoms with Crippen molar-refractivity contribution in [3.63, 3.8) is 0 Å². The molecule has 0 bridgehead atoms. The zero-order valence-electron chi connectivity index (χ0n) is 29.6. The van der Waals surface area contributed by atoms with Crippen molar-refractivity contribution in [2.75, 3.05) is 0 Å². The van der Waals surface area contributed by atoms with E-state index in [0.717, 1.165) is 0 Å². The number of rotatable bonds is 2. The predicted molar refractivity (Wildman–Crippen MR) is 220 cm³/mol. The van der Waals surface area contributed by atoms with Crippen LogP contribution in [0.3, 0.4) is 0 Å². The molecule has 11 rings (SSSR count). The zero-order chi connectivity index (χ0) is 34.7. The van der Waals surface area contributed by atoms with Gasteiger partial charge < -0.3 is 0 Å². The molecule has 9 aromatic rings. The van der Waals surface area contributed by atoms with Crippen LogP contribution < -0.4 is 0 Å². The molecule has 1 spiro atoms. The van der Waals surface area contributed by atoms with Crippen LogP contribution in [-0.2, 0) is 5.41 Å². The summed E-state index contributed by atoms with van der Waals surface area (Å²) in [5.41, 5.74) is 19.5. The molecule has 0 aliphatic heterocycles. The number of aryl methyl sites for hydroxylation is 3. The molecule has 0 atom stereocenters. The van der Waals surface area contributed by atoms with Gasteiger partial charge >= 0.3 is 0 Å². The van der Waals surface area contributed by atoms with E-state index in [-0.39, 0.29) is 5.41 Å². The van der Waals surface area contributed by atoms with Crippen molar-refractivity contribution in [1.29, 1.82) is 0 Å². The molecule has 0 amide bonds. The molecule has 9 aromatic carbocycles. The van der Waals surface area contributed by atoms with Crippen molar-refractivity contribution in [3.05, 3.63) is 203 Å². The van der Waals surface area contributed by atoms with Gasteiger partial charge in [0.1, 0.15) is 0 Å². The van der Waals surface area contributed by atoms with Crippen molar-refractivity contribution < 1.29 is 0 Å². The normalized spacial score (nSPS) is 13.4. The molecule has 0 N–H and O–H groups in total. The first-order chi connectivity index (χ1) is 25.5. The zero-order valence-corrected chi connectivity index (χ0v) is 29.6. The van der Waals surface area contributed by atoms with Crippen molar-refractivity contribution in [1.82, 2.24) is 0 Å². The Hall–Kier alpha value is -6.24. The average Bonchev–Trinajstić information content (AvgIpc) is 3.64. The SMILES string of the molecule is Cc1ccc2c(c1)C1(c3ccccc3-c3ccccc31)c1cc(-c3ccc4c(C)c5cc(C)ccc5c(-c5cccc6ccccc56)c4c3)ccc1-2. The van der Waals surface area contributed by atoms with Gasteiger partial charge in [0.05, 0.1) is 5.41 Å². The quantitative estimate of drug-likeness (QED) is 0.162. The third kappa shape index (κ3) is 3.82. The Kier molecular flexibility index (Phi) is 6.03. The lowest BCUT2D eigenvalue weighted by Crippen LogP contribution is -2.26. The highest BCUT2D eigenvalue weighted by atomic mass is 14.5. The highest BCUT2D eigenvalue weighted by molar-refractivity contribution is 6.19. The van der Waals surface area contributed by atoms with Gasteiger partial charge in [-0.15, -0.1) is 0 Å². The Labute approximate surface area is 304 Å². The fraction of sp³-hybridized carbons (Fsp3) is 0.0769. The minimum atomic E-state index is -0.366. The first-order valence-corrected chi connectivity index (χ1v) is 18.4. The monoisotopic (exact) mass is 660 g/mol. The van der Waals surface area contributed by atoms with Gasteiger partial charge in [0.25, 0.3) is 0 Å². The van der Waals surface area contributed by atoms with Gasteiger partial charge in [-0.1, -0.05) is 163 Å². The summed E-state index contributed by atoms with van der Waals surface area (Å²) in [5.74, 6) is 0. The first-order valence-electron chi connectivity index (χ1n) is 18.4. The van der Waals surface area contributed by atoms with Crippen LogP contribution in [0, 0.1) is 20.8 Å². The van der Waals surface area contributed by atoms with Gasteiger partial charge in [-0.25, -0.2) is 0 Å². The van der Waals surface area contributed by atoms with E-state index in [1.54, 1.807) is 0 Å². The Balaban J connectivity index is 1.21. The standard InChI is InChI=1S/C52H36/c1-31-20-24-44-45(27-31)33(3)37-25-21-35(29-46(37)51(44)43-16-10-12-34-11-4-5-13-38(34)43)36-22-26-42-41-23-19-32(2)28-49(41)52(50(42)30-36)47-17-8-6-14-39(47)40-15-7-9-18-48(40)52/h4-30H,1-3H3. The predicted octanol–water partition coefficient (Wildman–Crippen LogP) is 13.7. The Morgan fingerprint density at radius 2 is 0.885 bits per heavy atom. The topological polar surface area (TPSA) is 0 Å². The van der Waals surface area contributed by atoms with E-state index in [0.29, 0.717) is 0 Å². The third-order valence-electron chi connectivity index (χ3n) is 12.2. The summed E-state index contributed by atoms with van der Waals surface area (Å²) in [6, 6.07) is 62.2. The summed E-state index contributed by atoms with van der Waals surface area (Å²) in [6.07, 6.45) is 0. The average molecular weight is 661 g/mol. The first kappa shape index (κ1) is 29.5. The lowest BCUT2D eigenvalue weighted by molar-refractivity contribution is 0.793. The molecule has 0 saturated heterocycles. The van der Waals surface area contributed by atoms with Crippen molar-refractivity contribution in [3.8, 4) is 44.5 Å². The summed E-state index contributed by atoms with van der Waals surface area (Å²) in [6.45, 7) is 6.72. The summed E-state index contributed by atoms with van der Waals surface area (Å²) in [7, 11) is 0. The summed E-state index contributed by atoms with van der Waals surface area (Å²) >= 11 is 0. The molecule has 0 radical (unpaired) electrons. The highest BCUT2D eigenvalue weighted by Gasteiger charge is 2.51. The molecule has 52 heavy (non-hydrogen) atoms. The molecule has 0 heterocycles. The van der Waals surface area contributed by atoms with Crippen molar-refractivity contribution in [2.45, 2.75) is 26.2 Å². The Morgan fingerprint density at radius 3 is 1.69 bits per heavy atom. The number of benzene rings is 9. The Bertz CT molecular complexity index is 2940. The lowest BCUT2D eigenvalue weighted by atomic mass is 9.70. The van der Waals surface area contributed by atoms with Crippen LogP contribution in [0.1, 0.15) is 38.9 Å². The maximum absolute atomic E-state index is 2.51. The minimum absolute atomic E-state index is 0.366. The molecule has 0 fully saturated rings. The van der Waals surface area contributed by atoms with Crippen LogP contribution >= 0.6 is 0 Å². The molecule has 0 aromatic heterocycles. The van der Waals surface area contributed by atoms with E-state index in [1.807, 2.05) is 0 Å². The molecule has 2 aliphatic carbocycles. The van der Waals surface area contributed by atoms with Gasteiger partial charge in [0.2, 0.25) is 0 Å². The van der Waals surface area contributed by atoms with Gasteiger partial charge in [-0.2, -0.15) is 0 Å². The fourth-order valence-corrected chi connectivity index (χ4v) is 9.90. The number of hydrogen-bond donors (Lipinski definition) is 0. The highest BCUT2D eigenvalue weighted by Crippen LogP contribution is 2.63. The van der Waals surface area contributed by atoms with Crippen LogP contribution in [0.25, 0.3) is 76.8 Å². The van der Waals surface area contributed by atoms with E-state index in [9.17, 15) is 0 Å². The largest absolute Gasteiger partial charge is 0.0725 e. The number of fused-ring (bicyclic) bond motifs is 13. The van der Waals surface area contributed by atoms with E-state index in [1.165, 1.54) is 116 Å². The molecule has 2 aliphatic rings.